The van der Waals surface area contributed by atoms with Gasteiger partial charge in [-0.05, 0) is 78.5 Å². The van der Waals surface area contributed by atoms with Gasteiger partial charge in [-0.3, -0.25) is 21.7 Å². The standard InChI is InChI=1S/2C10H10N2.C10H6N2.2C5H8O2.2Ir/c2*1-11-7-8-12(9-11)10-5-3-2-4-6-10;1-2-5-9(6-3-1)10-11-7-4-8-12-10;2*1-4(6)3-5(2)7;;/h2*2-5,7-9H,1H3;1-4,7-8H;2*3,6H,1-2H3;;/q3*-2;;;2*+3/b;;;2*4-3-;;. The molecule has 0 aliphatic carbocycles. The van der Waals surface area contributed by atoms with Gasteiger partial charge in [-0.15, -0.1) is 11.4 Å². The van der Waals surface area contributed by atoms with Gasteiger partial charge >= 0.3 is 40.2 Å². The number of aromatic nitrogens is 2. The largest absolute Gasteiger partial charge is 3.00 e. The first kappa shape index (κ1) is 47.1. The van der Waals surface area contributed by atoms with Gasteiger partial charge < -0.3 is 39.8 Å². The number of hydrogen-bond donors (Lipinski definition) is 2. The summed E-state index contributed by atoms with van der Waals surface area (Å²) >= 11 is 0. The molecule has 0 spiro atoms. The fourth-order valence-electron chi connectivity index (χ4n) is 3.77. The zero-order valence-electron chi connectivity index (χ0n) is 29.8. The van der Waals surface area contributed by atoms with Crippen LogP contribution in [0.2, 0.25) is 0 Å². The number of nitrogens with zero attached hydrogens (tertiary/aromatic N) is 6. The van der Waals surface area contributed by atoms with E-state index in [0.717, 1.165) is 16.9 Å². The second-order valence-corrected chi connectivity index (χ2v) is 10.5. The normalized spacial score (nSPS) is 12.6. The summed E-state index contributed by atoms with van der Waals surface area (Å²) < 4.78 is 0. The molecule has 6 rings (SSSR count). The van der Waals surface area contributed by atoms with Gasteiger partial charge in [0.05, 0.1) is 11.5 Å². The van der Waals surface area contributed by atoms with Crippen LogP contribution < -0.4 is 9.80 Å². The molecule has 0 unspecified atom stereocenters. The minimum absolute atomic E-state index is 0. The van der Waals surface area contributed by atoms with Crippen molar-refractivity contribution in [3.8, 4) is 11.4 Å². The number of ketones is 2. The predicted molar refractivity (Wildman–Crippen MR) is 197 cm³/mol. The van der Waals surface area contributed by atoms with Crippen molar-refractivity contribution in [3.05, 3.63) is 171 Å². The minimum Gasteiger partial charge on any atom is -0.512 e. The van der Waals surface area contributed by atoms with E-state index in [2.05, 4.69) is 34.2 Å². The fraction of sp³-hybridized carbons (Fsp3) is 0.150. The third-order valence-corrected chi connectivity index (χ3v) is 5.74. The molecule has 0 amide bonds. The zero-order chi connectivity index (χ0) is 36.7. The van der Waals surface area contributed by atoms with Gasteiger partial charge in [0.15, 0.2) is 11.6 Å². The molecule has 0 bridgehead atoms. The first-order valence-corrected chi connectivity index (χ1v) is 15.4. The number of aliphatic hydroxyl groups is 2. The number of carbonyl (C=O) groups is 2. The molecular weight excluding hydrogens is 1010 g/mol. The number of rotatable bonds is 5. The van der Waals surface area contributed by atoms with Crippen molar-refractivity contribution < 1.29 is 60.0 Å². The number of aliphatic hydroxyl groups excluding tert-OH is 2. The number of carbonyl (C=O) groups excluding carboxylic acids is 2. The number of para-hydroxylation sites is 2. The number of benzene rings is 3. The summed E-state index contributed by atoms with van der Waals surface area (Å²) in [6.07, 6.45) is 13.8. The molecular formula is C40H42Ir2N6O4. The Bertz CT molecular complexity index is 1560. The van der Waals surface area contributed by atoms with E-state index >= 15 is 0 Å². The quantitative estimate of drug-likeness (QED) is 0.119. The van der Waals surface area contributed by atoms with E-state index in [9.17, 15) is 9.59 Å². The molecule has 52 heavy (non-hydrogen) atoms. The number of anilines is 2. The first-order chi connectivity index (χ1) is 23.9. The van der Waals surface area contributed by atoms with Crippen molar-refractivity contribution in [2.45, 2.75) is 27.7 Å². The molecule has 274 valence electrons. The molecule has 0 atom stereocenters. The molecule has 2 N–H and O–H groups in total. The third kappa shape index (κ3) is 20.7. The number of allylic oxidation sites excluding steroid dienone is 4. The maximum absolute atomic E-state index is 10.0. The van der Waals surface area contributed by atoms with Crippen LogP contribution in [0.1, 0.15) is 27.7 Å². The van der Waals surface area contributed by atoms with Gasteiger partial charge in [0.2, 0.25) is 0 Å². The first-order valence-electron chi connectivity index (χ1n) is 15.4. The fourth-order valence-corrected chi connectivity index (χ4v) is 3.77. The molecule has 2 aliphatic heterocycles. The summed E-state index contributed by atoms with van der Waals surface area (Å²) in [4.78, 5) is 36.2. The zero-order valence-corrected chi connectivity index (χ0v) is 34.6. The average Bonchev–Trinajstić information content (AvgIpc) is 3.74. The summed E-state index contributed by atoms with van der Waals surface area (Å²) in [6.45, 7) is 9.71. The third-order valence-electron chi connectivity index (χ3n) is 5.74. The second kappa shape index (κ2) is 26.9. The monoisotopic (exact) mass is 1060 g/mol. The Kier molecular flexibility index (Phi) is 24.4. The van der Waals surface area contributed by atoms with Crippen molar-refractivity contribution in [1.82, 2.24) is 19.8 Å². The van der Waals surface area contributed by atoms with Crippen molar-refractivity contribution in [2.24, 2.45) is 0 Å². The average molecular weight is 1060 g/mol. The van der Waals surface area contributed by atoms with Gasteiger partial charge in [0.1, 0.15) is 0 Å². The van der Waals surface area contributed by atoms with Crippen LogP contribution in [0.3, 0.4) is 0 Å². The summed E-state index contributed by atoms with van der Waals surface area (Å²) in [7, 11) is 4.00. The van der Waals surface area contributed by atoms with Crippen LogP contribution >= 0.6 is 0 Å². The molecule has 3 aromatic carbocycles. The van der Waals surface area contributed by atoms with Crippen LogP contribution in [0.25, 0.3) is 11.4 Å². The predicted octanol–water partition coefficient (Wildman–Crippen LogP) is 7.47. The van der Waals surface area contributed by atoms with E-state index in [1.807, 2.05) is 139 Å². The molecule has 2 aliphatic rings. The Morgan fingerprint density at radius 3 is 1.31 bits per heavy atom. The minimum atomic E-state index is -0.125. The van der Waals surface area contributed by atoms with Gasteiger partial charge in [-0.2, -0.15) is 74.0 Å². The summed E-state index contributed by atoms with van der Waals surface area (Å²) in [5, 5.41) is 16.7. The van der Waals surface area contributed by atoms with E-state index in [4.69, 9.17) is 10.2 Å². The van der Waals surface area contributed by atoms with Crippen LogP contribution in [0.4, 0.5) is 11.4 Å². The number of hydrogen-bond acceptors (Lipinski definition) is 10. The van der Waals surface area contributed by atoms with Crippen LogP contribution in [-0.4, -0.2) is 55.6 Å². The molecule has 12 heteroatoms. The van der Waals surface area contributed by atoms with Crippen molar-refractivity contribution >= 4 is 22.9 Å². The molecule has 0 saturated carbocycles. The Hall–Kier alpha value is -4.86. The Balaban J connectivity index is 0.000000633. The molecule has 10 nitrogen and oxygen atoms in total. The molecule has 3 heterocycles. The maximum atomic E-state index is 10.0. The van der Waals surface area contributed by atoms with Crippen molar-refractivity contribution in [2.75, 3.05) is 23.9 Å². The van der Waals surface area contributed by atoms with E-state index in [-0.39, 0.29) is 63.3 Å². The van der Waals surface area contributed by atoms with E-state index in [1.165, 1.54) is 39.8 Å². The second-order valence-electron chi connectivity index (χ2n) is 10.5. The van der Waals surface area contributed by atoms with Gasteiger partial charge in [-0.25, -0.2) is 23.8 Å². The Morgan fingerprint density at radius 2 is 1.02 bits per heavy atom. The van der Waals surface area contributed by atoms with E-state index < -0.39 is 0 Å². The van der Waals surface area contributed by atoms with E-state index in [0.29, 0.717) is 5.82 Å². The van der Waals surface area contributed by atoms with Crippen molar-refractivity contribution in [3.63, 3.8) is 0 Å². The van der Waals surface area contributed by atoms with Crippen LogP contribution in [0.15, 0.2) is 134 Å². The molecule has 4 aromatic rings. The SMILES string of the molecule is CC(=O)/C=C(/C)O.CC(=O)/C=C(/C)O.CN1C=CN(c2[c-]cccc2)[CH-]1.CN1C=CN(c2[c-]cccc2)[CH-]1.[Ir+3].[Ir+3].[c-]1ccc[c-]c1-c1ncccn1. The molecule has 0 radical (unpaired) electrons. The maximum Gasteiger partial charge on any atom is 3.00 e. The van der Waals surface area contributed by atoms with Crippen LogP contribution in [0.5, 0.6) is 0 Å². The molecule has 1 aromatic heterocycles. The molecule has 0 saturated heterocycles. The summed E-state index contributed by atoms with van der Waals surface area (Å²) in [5.74, 6) is 0.540. The van der Waals surface area contributed by atoms with Crippen molar-refractivity contribution in [1.29, 1.82) is 0 Å². The topological polar surface area (TPSA) is 113 Å². The smallest absolute Gasteiger partial charge is 0.512 e. The van der Waals surface area contributed by atoms with Gasteiger partial charge in [0, 0.05) is 24.5 Å². The summed E-state index contributed by atoms with van der Waals surface area (Å²) in [5.41, 5.74) is 2.94. The summed E-state index contributed by atoms with van der Waals surface area (Å²) in [6, 6.07) is 35.4. The van der Waals surface area contributed by atoms with Gasteiger partial charge in [0.25, 0.3) is 0 Å². The van der Waals surface area contributed by atoms with Gasteiger partial charge in [-0.1, -0.05) is 0 Å². The van der Waals surface area contributed by atoms with E-state index in [1.54, 1.807) is 18.5 Å². The molecule has 0 fully saturated rings. The Morgan fingerprint density at radius 1 is 0.615 bits per heavy atom. The van der Waals surface area contributed by atoms with Crippen LogP contribution in [-0.2, 0) is 49.8 Å². The van der Waals surface area contributed by atoms with Crippen LogP contribution in [0, 0.1) is 37.6 Å². The Labute approximate surface area is 335 Å².